The molecule has 0 spiro atoms. The van der Waals surface area contributed by atoms with Crippen molar-refractivity contribution in [2.75, 3.05) is 0 Å². The highest BCUT2D eigenvalue weighted by atomic mass is 19.3. The first-order valence-corrected chi connectivity index (χ1v) is 5.26. The van der Waals surface area contributed by atoms with Gasteiger partial charge in [0.05, 0.1) is 5.56 Å². The van der Waals surface area contributed by atoms with Crippen LogP contribution in [0.15, 0.2) is 18.2 Å². The number of hydrogen-bond acceptors (Lipinski definition) is 1. The molecular weight excluding hydrogens is 215 g/mol. The van der Waals surface area contributed by atoms with Gasteiger partial charge in [-0.05, 0) is 6.92 Å². The van der Waals surface area contributed by atoms with Crippen LogP contribution in [0.4, 0.5) is 13.2 Å². The maximum atomic E-state index is 13.7. The van der Waals surface area contributed by atoms with Crippen molar-refractivity contribution in [1.29, 1.82) is 0 Å². The molecule has 0 aromatic heterocycles. The summed E-state index contributed by atoms with van der Waals surface area (Å²) in [6.07, 6.45) is -2.77. The molecule has 0 fully saturated rings. The zero-order valence-corrected chi connectivity index (χ0v) is 9.60. The molecular formula is C12H16F3N. The predicted octanol–water partition coefficient (Wildman–Crippen LogP) is 3.82. The lowest BCUT2D eigenvalue weighted by Crippen LogP contribution is -2.26. The van der Waals surface area contributed by atoms with Crippen LogP contribution in [0.25, 0.3) is 0 Å². The third-order valence-electron chi connectivity index (χ3n) is 2.34. The van der Waals surface area contributed by atoms with Crippen LogP contribution in [0.2, 0.25) is 0 Å². The summed E-state index contributed by atoms with van der Waals surface area (Å²) in [5.41, 5.74) is -0.249. The Morgan fingerprint density at radius 2 is 1.62 bits per heavy atom. The van der Waals surface area contributed by atoms with E-state index in [4.69, 9.17) is 0 Å². The van der Waals surface area contributed by atoms with E-state index >= 15 is 0 Å². The van der Waals surface area contributed by atoms with Crippen molar-refractivity contribution in [3.05, 3.63) is 35.1 Å². The second kappa shape index (κ2) is 5.34. The van der Waals surface area contributed by atoms with Gasteiger partial charge in [-0.2, -0.15) is 0 Å². The Kier molecular flexibility index (Phi) is 4.35. The molecule has 1 aromatic carbocycles. The summed E-state index contributed by atoms with van der Waals surface area (Å²) in [5, 5.41) is 3.08. The Balaban J connectivity index is 3.00. The van der Waals surface area contributed by atoms with E-state index in [2.05, 4.69) is 5.32 Å². The van der Waals surface area contributed by atoms with Crippen molar-refractivity contribution in [1.82, 2.24) is 5.32 Å². The summed E-state index contributed by atoms with van der Waals surface area (Å²) in [5.74, 6) is -0.807. The Morgan fingerprint density at radius 3 is 2.12 bits per heavy atom. The molecule has 0 aliphatic heterocycles. The lowest BCUT2D eigenvalue weighted by atomic mass is 10.0. The van der Waals surface area contributed by atoms with E-state index in [9.17, 15) is 13.2 Å². The van der Waals surface area contributed by atoms with Crippen LogP contribution in [0.1, 0.15) is 44.4 Å². The number of rotatable bonds is 4. The molecule has 0 saturated heterocycles. The van der Waals surface area contributed by atoms with Crippen LogP contribution < -0.4 is 5.32 Å². The molecule has 0 bridgehead atoms. The monoisotopic (exact) mass is 231 g/mol. The largest absolute Gasteiger partial charge is 0.308 e. The molecule has 90 valence electrons. The highest BCUT2D eigenvalue weighted by molar-refractivity contribution is 5.29. The van der Waals surface area contributed by atoms with Gasteiger partial charge in [-0.3, -0.25) is 0 Å². The highest BCUT2D eigenvalue weighted by Crippen LogP contribution is 2.27. The topological polar surface area (TPSA) is 12.0 Å². The van der Waals surface area contributed by atoms with Crippen LogP contribution in [-0.4, -0.2) is 6.04 Å². The quantitative estimate of drug-likeness (QED) is 0.830. The Morgan fingerprint density at radius 1 is 1.06 bits per heavy atom. The van der Waals surface area contributed by atoms with E-state index in [1.165, 1.54) is 12.1 Å². The van der Waals surface area contributed by atoms with Crippen molar-refractivity contribution < 1.29 is 13.2 Å². The van der Waals surface area contributed by atoms with E-state index in [0.717, 1.165) is 6.07 Å². The first-order chi connectivity index (χ1) is 7.43. The summed E-state index contributed by atoms with van der Waals surface area (Å²) in [4.78, 5) is 0. The van der Waals surface area contributed by atoms with Crippen molar-refractivity contribution >= 4 is 0 Å². The summed E-state index contributed by atoms with van der Waals surface area (Å²) in [6, 6.07) is 3.99. The van der Waals surface area contributed by atoms with E-state index < -0.39 is 17.8 Å². The van der Waals surface area contributed by atoms with Gasteiger partial charge in [0.2, 0.25) is 0 Å². The maximum absolute atomic E-state index is 13.7. The number of nitrogens with one attached hydrogen (secondary N) is 1. The molecule has 0 heterocycles. The van der Waals surface area contributed by atoms with E-state index in [-0.39, 0.29) is 17.6 Å². The molecule has 0 radical (unpaired) electrons. The maximum Gasteiger partial charge on any atom is 0.266 e. The highest BCUT2D eigenvalue weighted by Gasteiger charge is 2.19. The summed E-state index contributed by atoms with van der Waals surface area (Å²) in [6.45, 7) is 5.60. The minimum atomic E-state index is -2.77. The van der Waals surface area contributed by atoms with Crippen LogP contribution in [-0.2, 0) is 0 Å². The summed E-state index contributed by atoms with van der Waals surface area (Å²) < 4.78 is 38.7. The standard InChI is InChI=1S/C12H16F3N/c1-7(2)16-8(3)9-5-4-6-10(11(9)13)12(14)15/h4-8,12,16H,1-3H3/t8-/m1/s1. The van der Waals surface area contributed by atoms with E-state index in [0.29, 0.717) is 0 Å². The minimum absolute atomic E-state index is 0.171. The van der Waals surface area contributed by atoms with Gasteiger partial charge in [0, 0.05) is 17.6 Å². The van der Waals surface area contributed by atoms with E-state index in [1.54, 1.807) is 6.92 Å². The third-order valence-corrected chi connectivity index (χ3v) is 2.34. The molecule has 0 unspecified atom stereocenters. The number of alkyl halides is 2. The Labute approximate surface area is 93.7 Å². The molecule has 1 aromatic rings. The molecule has 16 heavy (non-hydrogen) atoms. The van der Waals surface area contributed by atoms with Gasteiger partial charge in [-0.15, -0.1) is 0 Å². The Bertz CT molecular complexity index is 350. The third kappa shape index (κ3) is 2.98. The molecule has 1 atom stereocenters. The average molecular weight is 231 g/mol. The van der Waals surface area contributed by atoms with Gasteiger partial charge in [0.1, 0.15) is 5.82 Å². The second-order valence-corrected chi connectivity index (χ2v) is 4.09. The van der Waals surface area contributed by atoms with Gasteiger partial charge in [-0.1, -0.05) is 32.0 Å². The molecule has 0 aliphatic rings. The van der Waals surface area contributed by atoms with Gasteiger partial charge in [-0.25, -0.2) is 13.2 Å². The van der Waals surface area contributed by atoms with E-state index in [1.807, 2.05) is 13.8 Å². The molecule has 1 N–H and O–H groups in total. The summed E-state index contributed by atoms with van der Waals surface area (Å²) in [7, 11) is 0. The first-order valence-electron chi connectivity index (χ1n) is 5.26. The summed E-state index contributed by atoms with van der Waals surface area (Å²) >= 11 is 0. The first kappa shape index (κ1) is 13.0. The van der Waals surface area contributed by atoms with Gasteiger partial charge in [0.25, 0.3) is 6.43 Å². The molecule has 1 nitrogen and oxygen atoms in total. The molecule has 0 saturated carbocycles. The SMILES string of the molecule is CC(C)N[C@H](C)c1cccc(C(F)F)c1F. The zero-order valence-electron chi connectivity index (χ0n) is 9.60. The number of hydrogen-bond donors (Lipinski definition) is 1. The fraction of sp³-hybridized carbons (Fsp3) is 0.500. The number of benzene rings is 1. The lowest BCUT2D eigenvalue weighted by Gasteiger charge is -2.18. The Hall–Kier alpha value is -1.03. The van der Waals surface area contributed by atoms with Crippen molar-refractivity contribution in [3.8, 4) is 0 Å². The van der Waals surface area contributed by atoms with Crippen molar-refractivity contribution in [2.24, 2.45) is 0 Å². The van der Waals surface area contributed by atoms with Gasteiger partial charge in [0.15, 0.2) is 0 Å². The number of halogens is 3. The molecule has 0 aliphatic carbocycles. The molecule has 0 amide bonds. The van der Waals surface area contributed by atoms with Crippen molar-refractivity contribution in [2.45, 2.75) is 39.3 Å². The average Bonchev–Trinajstić information content (AvgIpc) is 2.16. The van der Waals surface area contributed by atoms with Crippen LogP contribution >= 0.6 is 0 Å². The molecule has 4 heteroatoms. The second-order valence-electron chi connectivity index (χ2n) is 4.09. The van der Waals surface area contributed by atoms with Gasteiger partial charge >= 0.3 is 0 Å². The van der Waals surface area contributed by atoms with Crippen LogP contribution in [0.5, 0.6) is 0 Å². The van der Waals surface area contributed by atoms with Crippen molar-refractivity contribution in [3.63, 3.8) is 0 Å². The fourth-order valence-corrected chi connectivity index (χ4v) is 1.66. The fourth-order valence-electron chi connectivity index (χ4n) is 1.66. The van der Waals surface area contributed by atoms with Gasteiger partial charge < -0.3 is 5.32 Å². The predicted molar refractivity (Wildman–Crippen MR) is 58.0 cm³/mol. The molecule has 1 rings (SSSR count). The zero-order chi connectivity index (χ0) is 12.3. The smallest absolute Gasteiger partial charge is 0.266 e. The van der Waals surface area contributed by atoms with Crippen LogP contribution in [0.3, 0.4) is 0 Å². The minimum Gasteiger partial charge on any atom is -0.308 e. The normalized spacial score (nSPS) is 13.5. The van der Waals surface area contributed by atoms with Crippen LogP contribution in [0, 0.1) is 5.82 Å². The lowest BCUT2D eigenvalue weighted by molar-refractivity contribution is 0.146.